The minimum Gasteiger partial charge on any atom is -0.496 e. The third kappa shape index (κ3) is 2.34. The first-order chi connectivity index (χ1) is 7.51. The monoisotopic (exact) mass is 281 g/mol. The summed E-state index contributed by atoms with van der Waals surface area (Å²) in [4.78, 5) is 1.64. The van der Waals surface area contributed by atoms with Crippen molar-refractivity contribution in [3.63, 3.8) is 0 Å². The molecule has 5 heteroatoms. The average Bonchev–Trinajstić information content (AvgIpc) is 2.27. The molecular weight excluding hydrogens is 270 g/mol. The van der Waals surface area contributed by atoms with Crippen molar-refractivity contribution in [1.29, 1.82) is 10.7 Å². The van der Waals surface area contributed by atoms with Gasteiger partial charge in [0.15, 0.2) is 0 Å². The molecule has 0 radical (unpaired) electrons. The van der Waals surface area contributed by atoms with Crippen molar-refractivity contribution < 1.29 is 4.74 Å². The van der Waals surface area contributed by atoms with Crippen molar-refractivity contribution in [3.05, 3.63) is 27.7 Å². The lowest BCUT2D eigenvalue weighted by molar-refractivity contribution is 0.412. The lowest BCUT2D eigenvalue weighted by atomic mass is 10.1. The number of nitrogens with zero attached hydrogens (tertiary/aromatic N) is 2. The van der Waals surface area contributed by atoms with E-state index in [0.717, 1.165) is 0 Å². The Morgan fingerprint density at radius 1 is 1.50 bits per heavy atom. The van der Waals surface area contributed by atoms with Gasteiger partial charge in [0.1, 0.15) is 11.6 Å². The summed E-state index contributed by atoms with van der Waals surface area (Å²) in [6.45, 7) is 0. The van der Waals surface area contributed by atoms with E-state index < -0.39 is 0 Å². The summed E-state index contributed by atoms with van der Waals surface area (Å²) in [7, 11) is 5.07. The molecule has 1 aromatic carbocycles. The number of amidine groups is 1. The molecule has 1 aromatic rings. The first kappa shape index (κ1) is 12.5. The number of halogens is 1. The molecule has 16 heavy (non-hydrogen) atoms. The molecule has 0 unspecified atom stereocenters. The molecule has 0 heterocycles. The van der Waals surface area contributed by atoms with E-state index in [4.69, 9.17) is 15.4 Å². The summed E-state index contributed by atoms with van der Waals surface area (Å²) < 4.78 is 5.85. The Morgan fingerprint density at radius 3 is 2.56 bits per heavy atom. The van der Waals surface area contributed by atoms with Crippen molar-refractivity contribution >= 4 is 21.8 Å². The predicted octanol–water partition coefficient (Wildman–Crippen LogP) is 2.22. The number of nitriles is 1. The number of benzene rings is 1. The molecule has 1 N–H and O–H groups in total. The molecule has 0 aliphatic carbocycles. The number of ether oxygens (including phenoxy) is 1. The highest BCUT2D eigenvalue weighted by Gasteiger charge is 2.13. The molecule has 0 saturated heterocycles. The zero-order valence-corrected chi connectivity index (χ0v) is 10.9. The van der Waals surface area contributed by atoms with E-state index in [9.17, 15) is 0 Å². The van der Waals surface area contributed by atoms with Crippen LogP contribution in [0, 0.1) is 16.7 Å². The van der Waals surface area contributed by atoms with E-state index in [1.54, 1.807) is 38.2 Å². The molecule has 0 saturated carbocycles. The minimum absolute atomic E-state index is 0.280. The topological polar surface area (TPSA) is 60.1 Å². The molecule has 0 atom stereocenters. The highest BCUT2D eigenvalue weighted by atomic mass is 79.9. The van der Waals surface area contributed by atoms with Crippen LogP contribution in [0.25, 0.3) is 0 Å². The molecule has 0 aliphatic rings. The van der Waals surface area contributed by atoms with Crippen LogP contribution in [0.5, 0.6) is 5.75 Å². The third-order valence-corrected chi connectivity index (χ3v) is 2.73. The Hall–Kier alpha value is -1.54. The zero-order chi connectivity index (χ0) is 12.3. The Bertz CT molecular complexity index is 463. The SMILES string of the molecule is COc1cc(C(=N)N(C)C)c(C#N)cc1Br. The van der Waals surface area contributed by atoms with E-state index in [0.29, 0.717) is 21.3 Å². The molecule has 0 aliphatic heterocycles. The fourth-order valence-electron chi connectivity index (χ4n) is 1.24. The fraction of sp³-hybridized carbons (Fsp3) is 0.273. The summed E-state index contributed by atoms with van der Waals surface area (Å²) in [5.74, 6) is 0.892. The van der Waals surface area contributed by atoms with Crippen LogP contribution in [0.4, 0.5) is 0 Å². The van der Waals surface area contributed by atoms with Gasteiger partial charge in [0.25, 0.3) is 0 Å². The second-order valence-electron chi connectivity index (χ2n) is 3.39. The maximum atomic E-state index is 9.01. The normalized spacial score (nSPS) is 9.44. The van der Waals surface area contributed by atoms with Crippen molar-refractivity contribution in [1.82, 2.24) is 4.90 Å². The van der Waals surface area contributed by atoms with Gasteiger partial charge < -0.3 is 9.64 Å². The van der Waals surface area contributed by atoms with Gasteiger partial charge in [-0.05, 0) is 28.1 Å². The van der Waals surface area contributed by atoms with Crippen LogP contribution < -0.4 is 4.74 Å². The maximum Gasteiger partial charge on any atom is 0.133 e. The van der Waals surface area contributed by atoms with Crippen LogP contribution in [-0.4, -0.2) is 31.9 Å². The van der Waals surface area contributed by atoms with Gasteiger partial charge >= 0.3 is 0 Å². The standard InChI is InChI=1S/C11H12BrN3O/c1-15(2)11(14)8-5-10(16-3)9(12)4-7(8)6-13/h4-5,14H,1-3H3. The maximum absolute atomic E-state index is 9.01. The van der Waals surface area contributed by atoms with Crippen molar-refractivity contribution in [3.8, 4) is 11.8 Å². The van der Waals surface area contributed by atoms with Crippen LogP contribution in [0.2, 0.25) is 0 Å². The molecule has 4 nitrogen and oxygen atoms in total. The average molecular weight is 282 g/mol. The summed E-state index contributed by atoms with van der Waals surface area (Å²) in [6, 6.07) is 5.41. The van der Waals surface area contributed by atoms with Gasteiger partial charge in [-0.15, -0.1) is 0 Å². The Kier molecular flexibility index (Phi) is 3.91. The van der Waals surface area contributed by atoms with E-state index >= 15 is 0 Å². The van der Waals surface area contributed by atoms with Gasteiger partial charge in [-0.2, -0.15) is 5.26 Å². The predicted molar refractivity (Wildman–Crippen MR) is 65.9 cm³/mol. The molecule has 0 fully saturated rings. The molecule has 0 amide bonds. The van der Waals surface area contributed by atoms with Crippen LogP contribution >= 0.6 is 15.9 Å². The molecule has 84 valence electrons. The number of rotatable bonds is 2. The van der Waals surface area contributed by atoms with E-state index in [2.05, 4.69) is 22.0 Å². The quantitative estimate of drug-likeness (QED) is 0.668. The third-order valence-electron chi connectivity index (χ3n) is 2.11. The zero-order valence-electron chi connectivity index (χ0n) is 9.34. The highest BCUT2D eigenvalue weighted by Crippen LogP contribution is 2.28. The molecule has 0 bridgehead atoms. The molecular formula is C11H12BrN3O. The fourth-order valence-corrected chi connectivity index (χ4v) is 1.74. The van der Waals surface area contributed by atoms with Gasteiger partial charge in [-0.25, -0.2) is 0 Å². The Labute approximate surface area is 103 Å². The summed E-state index contributed by atoms with van der Waals surface area (Å²) in [5.41, 5.74) is 1.01. The number of hydrogen-bond acceptors (Lipinski definition) is 3. The highest BCUT2D eigenvalue weighted by molar-refractivity contribution is 9.10. The number of methoxy groups -OCH3 is 1. The second kappa shape index (κ2) is 4.99. The van der Waals surface area contributed by atoms with Gasteiger partial charge in [0, 0.05) is 19.7 Å². The summed E-state index contributed by atoms with van der Waals surface area (Å²) >= 11 is 3.31. The molecule has 1 rings (SSSR count). The minimum atomic E-state index is 0.280. The van der Waals surface area contributed by atoms with Gasteiger partial charge in [-0.1, -0.05) is 0 Å². The lowest BCUT2D eigenvalue weighted by Crippen LogP contribution is -2.22. The van der Waals surface area contributed by atoms with E-state index in [1.165, 1.54) is 0 Å². The lowest BCUT2D eigenvalue weighted by Gasteiger charge is -2.16. The smallest absolute Gasteiger partial charge is 0.133 e. The van der Waals surface area contributed by atoms with Gasteiger partial charge in [0.2, 0.25) is 0 Å². The van der Waals surface area contributed by atoms with Crippen molar-refractivity contribution in [2.24, 2.45) is 0 Å². The van der Waals surface area contributed by atoms with E-state index in [1.807, 2.05) is 0 Å². The first-order valence-electron chi connectivity index (χ1n) is 4.55. The summed E-state index contributed by atoms with van der Waals surface area (Å²) in [5, 5.41) is 16.9. The Balaban J connectivity index is 3.37. The number of hydrogen-bond donors (Lipinski definition) is 1. The molecule has 0 aromatic heterocycles. The Morgan fingerprint density at radius 2 is 2.12 bits per heavy atom. The largest absolute Gasteiger partial charge is 0.496 e. The first-order valence-corrected chi connectivity index (χ1v) is 5.34. The van der Waals surface area contributed by atoms with Gasteiger partial charge in [-0.3, -0.25) is 5.41 Å². The second-order valence-corrected chi connectivity index (χ2v) is 4.24. The van der Waals surface area contributed by atoms with Crippen LogP contribution in [0.1, 0.15) is 11.1 Å². The van der Waals surface area contributed by atoms with Crippen molar-refractivity contribution in [2.75, 3.05) is 21.2 Å². The molecule has 0 spiro atoms. The van der Waals surface area contributed by atoms with Crippen LogP contribution in [0.3, 0.4) is 0 Å². The van der Waals surface area contributed by atoms with Crippen LogP contribution in [0.15, 0.2) is 16.6 Å². The van der Waals surface area contributed by atoms with E-state index in [-0.39, 0.29) is 5.84 Å². The van der Waals surface area contributed by atoms with Gasteiger partial charge in [0.05, 0.1) is 23.2 Å². The number of nitrogens with one attached hydrogen (secondary N) is 1. The summed E-state index contributed by atoms with van der Waals surface area (Å²) in [6.07, 6.45) is 0. The van der Waals surface area contributed by atoms with Crippen LogP contribution in [-0.2, 0) is 0 Å². The van der Waals surface area contributed by atoms with Crippen molar-refractivity contribution in [2.45, 2.75) is 0 Å².